The van der Waals surface area contributed by atoms with Gasteiger partial charge in [-0.05, 0) is 49.9 Å². The first-order valence-electron chi connectivity index (χ1n) is 12.0. The predicted molar refractivity (Wildman–Crippen MR) is 132 cm³/mol. The highest BCUT2D eigenvalue weighted by Crippen LogP contribution is 2.39. The summed E-state index contributed by atoms with van der Waals surface area (Å²) in [4.78, 5) is 21.3. The number of rotatable bonds is 6. The van der Waals surface area contributed by atoms with Crippen LogP contribution in [-0.4, -0.2) is 27.3 Å². The van der Waals surface area contributed by atoms with E-state index in [4.69, 9.17) is 15.5 Å². The molecule has 1 fully saturated rings. The number of nitrogens with one attached hydrogen (secondary N) is 1. The highest BCUT2D eigenvalue weighted by Gasteiger charge is 2.30. The maximum Gasteiger partial charge on any atom is 0.222 e. The van der Waals surface area contributed by atoms with Crippen LogP contribution in [0.2, 0.25) is 0 Å². The van der Waals surface area contributed by atoms with Gasteiger partial charge in [0.05, 0.1) is 5.56 Å². The number of anilines is 1. The highest BCUT2D eigenvalue weighted by atomic mass is 19.1. The van der Waals surface area contributed by atoms with Gasteiger partial charge in [0.2, 0.25) is 5.91 Å². The van der Waals surface area contributed by atoms with Gasteiger partial charge >= 0.3 is 0 Å². The number of nitrogen functional groups attached to an aromatic ring is 1. The van der Waals surface area contributed by atoms with Crippen molar-refractivity contribution < 1.29 is 18.3 Å². The Morgan fingerprint density at radius 2 is 1.86 bits per heavy atom. The summed E-state index contributed by atoms with van der Waals surface area (Å²) in [6.45, 7) is -0.241. The zero-order valence-electron chi connectivity index (χ0n) is 19.9. The van der Waals surface area contributed by atoms with Gasteiger partial charge in [-0.25, -0.2) is 18.7 Å². The molecule has 36 heavy (non-hydrogen) atoms. The first-order valence-corrected chi connectivity index (χ1v) is 12.0. The summed E-state index contributed by atoms with van der Waals surface area (Å²) in [5.41, 5.74) is 8.26. The van der Waals surface area contributed by atoms with Crippen molar-refractivity contribution in [2.24, 2.45) is 5.92 Å². The number of amides is 1. The Labute approximate surface area is 207 Å². The second-order valence-corrected chi connectivity index (χ2v) is 9.03. The summed E-state index contributed by atoms with van der Waals surface area (Å²) in [5, 5.41) is 2.75. The molecule has 9 heteroatoms. The van der Waals surface area contributed by atoms with Gasteiger partial charge in [-0.15, -0.1) is 0 Å². The minimum absolute atomic E-state index is 0.0248. The van der Waals surface area contributed by atoms with Crippen LogP contribution >= 0.6 is 0 Å². The molecule has 2 aromatic carbocycles. The van der Waals surface area contributed by atoms with Gasteiger partial charge in [-0.3, -0.25) is 9.20 Å². The third kappa shape index (κ3) is 4.48. The van der Waals surface area contributed by atoms with Gasteiger partial charge in [0.1, 0.15) is 46.8 Å². The molecule has 0 spiro atoms. The molecular formula is C27H27F2N5O2. The van der Waals surface area contributed by atoms with E-state index >= 15 is 0 Å². The van der Waals surface area contributed by atoms with Crippen LogP contribution in [0.3, 0.4) is 0 Å². The molecule has 0 saturated heterocycles. The number of carbonyl (C=O) groups is 1. The maximum atomic E-state index is 14.0. The molecular weight excluding hydrogens is 464 g/mol. The summed E-state index contributed by atoms with van der Waals surface area (Å²) in [7, 11) is 1.67. The fourth-order valence-corrected chi connectivity index (χ4v) is 4.95. The van der Waals surface area contributed by atoms with Gasteiger partial charge < -0.3 is 15.8 Å². The molecule has 0 aliphatic heterocycles. The molecule has 186 valence electrons. The number of imidazole rings is 1. The Bertz CT molecular complexity index is 1390. The lowest BCUT2D eigenvalue weighted by atomic mass is 9.81. The van der Waals surface area contributed by atoms with Crippen LogP contribution in [0.4, 0.5) is 14.6 Å². The number of fused-ring (bicyclic) bond motifs is 1. The summed E-state index contributed by atoms with van der Waals surface area (Å²) in [5.74, 6) is 0.666. The number of ether oxygens (including phenoxy) is 1. The van der Waals surface area contributed by atoms with E-state index in [2.05, 4.69) is 10.3 Å². The van der Waals surface area contributed by atoms with E-state index in [9.17, 15) is 13.6 Å². The topological polar surface area (TPSA) is 94.5 Å². The van der Waals surface area contributed by atoms with Gasteiger partial charge in [-0.1, -0.05) is 18.2 Å². The van der Waals surface area contributed by atoms with Gasteiger partial charge in [0.25, 0.3) is 0 Å². The van der Waals surface area contributed by atoms with Gasteiger partial charge in [0.15, 0.2) is 0 Å². The van der Waals surface area contributed by atoms with Crippen LogP contribution in [0.5, 0.6) is 5.75 Å². The van der Waals surface area contributed by atoms with Crippen molar-refractivity contribution in [2.45, 2.75) is 38.2 Å². The highest BCUT2D eigenvalue weighted by molar-refractivity contribution is 5.85. The molecule has 7 nitrogen and oxygen atoms in total. The van der Waals surface area contributed by atoms with E-state index in [1.165, 1.54) is 18.2 Å². The van der Waals surface area contributed by atoms with Crippen LogP contribution in [-0.2, 0) is 11.4 Å². The zero-order valence-corrected chi connectivity index (χ0v) is 19.9. The minimum atomic E-state index is -0.652. The fourth-order valence-electron chi connectivity index (χ4n) is 4.95. The maximum absolute atomic E-state index is 14.0. The molecule has 2 aromatic heterocycles. The van der Waals surface area contributed by atoms with Gasteiger partial charge in [-0.2, -0.15) is 0 Å². The largest absolute Gasteiger partial charge is 0.489 e. The molecule has 0 radical (unpaired) electrons. The normalized spacial score (nSPS) is 17.8. The molecule has 0 atom stereocenters. The standard InChI is InChI=1S/C27H27F2N5O2/c1-31-27(35)17-10-8-16(9-11-17)26-33-23(24-25(30)32-12-13-34(24)26)18-4-2-5-19(14-18)36-15-20-21(28)6-3-7-22(20)29/h2-7,12-14,16-17H,8-11,15H2,1H3,(H2,30,32)(H,31,35). The van der Waals surface area contributed by atoms with Crippen LogP contribution in [0, 0.1) is 17.6 Å². The van der Waals surface area contributed by atoms with Crippen LogP contribution < -0.4 is 15.8 Å². The summed E-state index contributed by atoms with van der Waals surface area (Å²) >= 11 is 0. The zero-order chi connectivity index (χ0) is 25.2. The minimum Gasteiger partial charge on any atom is -0.489 e. The number of nitrogens with zero attached hydrogens (tertiary/aromatic N) is 3. The molecule has 2 heterocycles. The number of halogens is 2. The van der Waals surface area contributed by atoms with Crippen molar-refractivity contribution >= 4 is 17.2 Å². The van der Waals surface area contributed by atoms with E-state index in [-0.39, 0.29) is 29.9 Å². The lowest BCUT2D eigenvalue weighted by Crippen LogP contribution is -2.30. The Hall–Kier alpha value is -4.01. The molecule has 3 N–H and O–H groups in total. The second-order valence-electron chi connectivity index (χ2n) is 9.03. The number of nitrogens with two attached hydrogens (primary N) is 1. The average Bonchev–Trinajstić information content (AvgIpc) is 3.29. The van der Waals surface area contributed by atoms with E-state index < -0.39 is 11.6 Å². The molecule has 4 aromatic rings. The average molecular weight is 492 g/mol. The molecule has 0 bridgehead atoms. The van der Waals surface area contributed by atoms with E-state index in [1.54, 1.807) is 31.4 Å². The van der Waals surface area contributed by atoms with Crippen LogP contribution in [0.25, 0.3) is 16.8 Å². The lowest BCUT2D eigenvalue weighted by molar-refractivity contribution is -0.125. The Balaban J connectivity index is 1.45. The summed E-state index contributed by atoms with van der Waals surface area (Å²) in [6.07, 6.45) is 6.78. The molecule has 1 aliphatic carbocycles. The van der Waals surface area contributed by atoms with E-state index in [1.807, 2.05) is 16.7 Å². The van der Waals surface area contributed by atoms with Crippen molar-refractivity contribution in [3.05, 3.63) is 77.9 Å². The van der Waals surface area contributed by atoms with Gasteiger partial charge in [0, 0.05) is 36.8 Å². The lowest BCUT2D eigenvalue weighted by Gasteiger charge is -2.26. The summed E-state index contributed by atoms with van der Waals surface area (Å²) < 4.78 is 35.7. The first kappa shape index (κ1) is 23.7. The number of carbonyl (C=O) groups excluding carboxylic acids is 1. The molecule has 1 saturated carbocycles. The first-order chi connectivity index (χ1) is 17.5. The second kappa shape index (κ2) is 9.93. The van der Waals surface area contributed by atoms with Crippen LogP contribution in [0.1, 0.15) is 43.0 Å². The van der Waals surface area contributed by atoms with Crippen molar-refractivity contribution in [3.8, 4) is 17.0 Å². The van der Waals surface area contributed by atoms with E-state index in [0.717, 1.165) is 37.1 Å². The van der Waals surface area contributed by atoms with Crippen molar-refractivity contribution in [1.82, 2.24) is 19.7 Å². The SMILES string of the molecule is CNC(=O)C1CCC(c2nc(-c3cccc(OCc4c(F)cccc4F)c3)c3c(N)nccn23)CC1. The Morgan fingerprint density at radius 3 is 2.58 bits per heavy atom. The number of aromatic nitrogens is 3. The number of hydrogen-bond acceptors (Lipinski definition) is 5. The monoisotopic (exact) mass is 491 g/mol. The van der Waals surface area contributed by atoms with Crippen molar-refractivity contribution in [1.29, 1.82) is 0 Å². The quantitative estimate of drug-likeness (QED) is 0.402. The molecule has 5 rings (SSSR count). The Morgan fingerprint density at radius 1 is 1.14 bits per heavy atom. The van der Waals surface area contributed by atoms with Crippen molar-refractivity contribution in [3.63, 3.8) is 0 Å². The molecule has 1 amide bonds. The fraction of sp³-hybridized carbons (Fsp3) is 0.296. The third-order valence-electron chi connectivity index (χ3n) is 6.87. The number of hydrogen-bond donors (Lipinski definition) is 2. The molecule has 1 aliphatic rings. The predicted octanol–water partition coefficient (Wildman–Crippen LogP) is 4.86. The molecule has 0 unspecified atom stereocenters. The Kier molecular flexibility index (Phi) is 6.54. The third-order valence-corrected chi connectivity index (χ3v) is 6.87. The van der Waals surface area contributed by atoms with Crippen molar-refractivity contribution in [2.75, 3.05) is 12.8 Å². The smallest absolute Gasteiger partial charge is 0.222 e. The number of benzene rings is 2. The summed E-state index contributed by atoms with van der Waals surface area (Å²) in [6, 6.07) is 10.9. The van der Waals surface area contributed by atoms with E-state index in [0.29, 0.717) is 22.8 Å². The van der Waals surface area contributed by atoms with Crippen LogP contribution in [0.15, 0.2) is 54.9 Å².